The lowest BCUT2D eigenvalue weighted by atomic mass is 9.83. The third-order valence-corrected chi connectivity index (χ3v) is 4.89. The fourth-order valence-electron chi connectivity index (χ4n) is 3.78. The van der Waals surface area contributed by atoms with Gasteiger partial charge in [0.05, 0.1) is 5.52 Å². The number of likely N-dealkylation sites (tertiary alicyclic amines) is 1. The quantitative estimate of drug-likeness (QED) is 0.846. The molecule has 27 heavy (non-hydrogen) atoms. The maximum absolute atomic E-state index is 12.6. The van der Waals surface area contributed by atoms with Crippen LogP contribution in [-0.4, -0.2) is 52.0 Å². The van der Waals surface area contributed by atoms with Crippen LogP contribution in [0.15, 0.2) is 30.5 Å². The Hall–Kier alpha value is -2.54. The summed E-state index contributed by atoms with van der Waals surface area (Å²) in [5, 5.41) is 10.7. The summed E-state index contributed by atoms with van der Waals surface area (Å²) in [6.45, 7) is 6.50. The normalized spacial score (nSPS) is 20.7. The Balaban J connectivity index is 1.92. The van der Waals surface area contributed by atoms with Crippen LogP contribution in [0.3, 0.4) is 0 Å². The summed E-state index contributed by atoms with van der Waals surface area (Å²) in [6.07, 6.45) is 2.05. The number of ether oxygens (including phenoxy) is 1. The average molecular weight is 373 g/mol. The zero-order valence-electron chi connectivity index (χ0n) is 16.0. The van der Waals surface area contributed by atoms with Gasteiger partial charge < -0.3 is 20.5 Å². The highest BCUT2D eigenvalue weighted by atomic mass is 16.6. The van der Waals surface area contributed by atoms with Gasteiger partial charge in [0.25, 0.3) is 0 Å². The predicted octanol–water partition coefficient (Wildman–Crippen LogP) is 2.90. The molecule has 1 aliphatic heterocycles. The molecule has 7 nitrogen and oxygen atoms in total. The zero-order valence-corrected chi connectivity index (χ0v) is 16.0. The summed E-state index contributed by atoms with van der Waals surface area (Å²) in [4.78, 5) is 25.9. The van der Waals surface area contributed by atoms with E-state index in [1.807, 2.05) is 45.0 Å². The Labute approximate surface area is 158 Å². The van der Waals surface area contributed by atoms with Crippen molar-refractivity contribution in [1.29, 1.82) is 0 Å². The zero-order chi connectivity index (χ0) is 19.8. The summed E-state index contributed by atoms with van der Waals surface area (Å²) in [7, 11) is 0. The number of nitrogens with zero attached hydrogens (tertiary/aromatic N) is 2. The van der Waals surface area contributed by atoms with Crippen molar-refractivity contribution in [1.82, 2.24) is 9.47 Å². The highest BCUT2D eigenvalue weighted by Crippen LogP contribution is 2.35. The Morgan fingerprint density at radius 2 is 2.00 bits per heavy atom. The van der Waals surface area contributed by atoms with Crippen LogP contribution in [0.25, 0.3) is 10.9 Å². The lowest BCUT2D eigenvalue weighted by molar-refractivity contribution is 0.0103. The number of primary amides is 1. The molecule has 146 valence electrons. The monoisotopic (exact) mass is 373 g/mol. The Morgan fingerprint density at radius 1 is 1.26 bits per heavy atom. The van der Waals surface area contributed by atoms with Crippen LogP contribution in [0, 0.1) is 5.92 Å². The second-order valence-corrected chi connectivity index (χ2v) is 8.17. The first-order valence-electron chi connectivity index (χ1n) is 9.18. The van der Waals surface area contributed by atoms with E-state index >= 15 is 0 Å². The molecule has 2 atom stereocenters. The van der Waals surface area contributed by atoms with Gasteiger partial charge in [-0.2, -0.15) is 0 Å². The van der Waals surface area contributed by atoms with E-state index in [0.717, 1.165) is 22.9 Å². The largest absolute Gasteiger partial charge is 0.444 e. The Morgan fingerprint density at radius 3 is 2.63 bits per heavy atom. The van der Waals surface area contributed by atoms with Gasteiger partial charge in [0, 0.05) is 43.1 Å². The number of amides is 2. The molecule has 2 aromatic rings. The fourth-order valence-corrected chi connectivity index (χ4v) is 3.78. The van der Waals surface area contributed by atoms with Gasteiger partial charge in [-0.3, -0.25) is 4.57 Å². The van der Waals surface area contributed by atoms with Crippen molar-refractivity contribution in [2.45, 2.75) is 38.7 Å². The van der Waals surface area contributed by atoms with Crippen molar-refractivity contribution >= 4 is 23.0 Å². The molecule has 3 rings (SSSR count). The fraction of sp³-hybridized carbons (Fsp3) is 0.500. The first kappa shape index (κ1) is 19.2. The first-order valence-corrected chi connectivity index (χ1v) is 9.18. The number of carbonyl (C=O) groups is 2. The molecule has 0 aliphatic carbocycles. The van der Waals surface area contributed by atoms with Gasteiger partial charge in [0.2, 0.25) is 0 Å². The molecule has 1 saturated heterocycles. The number of hydrogen-bond acceptors (Lipinski definition) is 4. The van der Waals surface area contributed by atoms with Gasteiger partial charge in [0.15, 0.2) is 0 Å². The molecular weight excluding hydrogens is 346 g/mol. The molecule has 1 aromatic heterocycles. The number of carbonyl (C=O) groups excluding carboxylic acids is 2. The van der Waals surface area contributed by atoms with Crippen molar-refractivity contribution in [3.8, 4) is 0 Å². The smallest absolute Gasteiger partial charge is 0.410 e. The minimum atomic E-state index is -0.572. The molecule has 1 aliphatic rings. The van der Waals surface area contributed by atoms with E-state index in [1.165, 1.54) is 4.57 Å². The highest BCUT2D eigenvalue weighted by molar-refractivity contribution is 5.93. The lowest BCUT2D eigenvalue weighted by Gasteiger charge is -2.38. The summed E-state index contributed by atoms with van der Waals surface area (Å²) in [5.74, 6) is 0.0144. The van der Waals surface area contributed by atoms with Crippen LogP contribution in [0.1, 0.15) is 38.7 Å². The van der Waals surface area contributed by atoms with Gasteiger partial charge in [0.1, 0.15) is 5.60 Å². The number of aromatic nitrogens is 1. The maximum atomic E-state index is 12.6. The van der Waals surface area contributed by atoms with Crippen molar-refractivity contribution in [2.24, 2.45) is 11.7 Å². The van der Waals surface area contributed by atoms with Crippen LogP contribution in [0.5, 0.6) is 0 Å². The molecule has 1 aromatic carbocycles. The third-order valence-electron chi connectivity index (χ3n) is 4.89. The number of aliphatic hydroxyl groups excluding tert-OH is 1. The van der Waals surface area contributed by atoms with Crippen molar-refractivity contribution < 1.29 is 19.4 Å². The van der Waals surface area contributed by atoms with Crippen LogP contribution in [-0.2, 0) is 4.74 Å². The van der Waals surface area contributed by atoms with Crippen LogP contribution < -0.4 is 5.73 Å². The average Bonchev–Trinajstić information content (AvgIpc) is 3.04. The minimum absolute atomic E-state index is 0.00801. The van der Waals surface area contributed by atoms with Gasteiger partial charge in [-0.05, 0) is 44.9 Å². The molecule has 1 fully saturated rings. The van der Waals surface area contributed by atoms with E-state index in [4.69, 9.17) is 10.5 Å². The van der Waals surface area contributed by atoms with Gasteiger partial charge in [-0.1, -0.05) is 12.1 Å². The Bertz CT molecular complexity index is 853. The van der Waals surface area contributed by atoms with E-state index in [1.54, 1.807) is 11.1 Å². The van der Waals surface area contributed by atoms with E-state index in [9.17, 15) is 14.7 Å². The number of benzene rings is 1. The maximum Gasteiger partial charge on any atom is 0.410 e. The van der Waals surface area contributed by atoms with Crippen LogP contribution >= 0.6 is 0 Å². The van der Waals surface area contributed by atoms with Gasteiger partial charge in [-0.15, -0.1) is 0 Å². The molecule has 2 amide bonds. The minimum Gasteiger partial charge on any atom is -0.444 e. The summed E-state index contributed by atoms with van der Waals surface area (Å²) >= 11 is 0. The standard InChI is InChI=1S/C20H27N3O4/c1-20(2,3)27-19(26)22-10-13(12-24)9-14(11-22)15-5-4-6-17-16(15)7-8-23(17)18(21)25/h4-8,13-14,24H,9-12H2,1-3H3,(H2,21,25). The number of fused-ring (bicyclic) bond motifs is 1. The molecule has 0 spiro atoms. The topological polar surface area (TPSA) is 97.8 Å². The number of nitrogens with two attached hydrogens (primary N) is 1. The summed E-state index contributed by atoms with van der Waals surface area (Å²) < 4.78 is 6.93. The summed E-state index contributed by atoms with van der Waals surface area (Å²) in [6, 6.07) is 7.08. The molecule has 2 heterocycles. The predicted molar refractivity (Wildman–Crippen MR) is 103 cm³/mol. The molecule has 0 bridgehead atoms. The van der Waals surface area contributed by atoms with Crippen molar-refractivity contribution in [3.05, 3.63) is 36.0 Å². The molecule has 2 unspecified atom stereocenters. The Kier molecular flexibility index (Phi) is 5.15. The number of piperidine rings is 1. The molecular formula is C20H27N3O4. The number of hydrogen-bond donors (Lipinski definition) is 2. The SMILES string of the molecule is CC(C)(C)OC(=O)N1CC(CO)CC(c2cccc3c2ccn3C(N)=O)C1. The lowest BCUT2D eigenvalue weighted by Crippen LogP contribution is -2.46. The summed E-state index contributed by atoms with van der Waals surface area (Å²) in [5.41, 5.74) is 6.65. The van der Waals surface area contributed by atoms with Gasteiger partial charge in [-0.25, -0.2) is 9.59 Å². The van der Waals surface area contributed by atoms with Crippen molar-refractivity contribution in [3.63, 3.8) is 0 Å². The second-order valence-electron chi connectivity index (χ2n) is 8.17. The molecule has 7 heteroatoms. The third kappa shape index (κ3) is 4.08. The molecule has 0 saturated carbocycles. The van der Waals surface area contributed by atoms with E-state index < -0.39 is 11.6 Å². The van der Waals surface area contributed by atoms with E-state index in [-0.39, 0.29) is 24.5 Å². The van der Waals surface area contributed by atoms with Crippen molar-refractivity contribution in [2.75, 3.05) is 19.7 Å². The molecule has 3 N–H and O–H groups in total. The van der Waals surface area contributed by atoms with Crippen LogP contribution in [0.4, 0.5) is 9.59 Å². The van der Waals surface area contributed by atoms with E-state index in [2.05, 4.69) is 0 Å². The molecule has 0 radical (unpaired) electrons. The first-order chi connectivity index (χ1) is 12.7. The van der Waals surface area contributed by atoms with Crippen LogP contribution in [0.2, 0.25) is 0 Å². The number of rotatable bonds is 2. The number of aliphatic hydroxyl groups is 1. The highest BCUT2D eigenvalue weighted by Gasteiger charge is 2.33. The van der Waals surface area contributed by atoms with Gasteiger partial charge >= 0.3 is 12.1 Å². The second kappa shape index (κ2) is 7.23. The van der Waals surface area contributed by atoms with E-state index in [0.29, 0.717) is 13.1 Å².